The number of benzene rings is 2. The van der Waals surface area contributed by atoms with Crippen LogP contribution in [-0.4, -0.2) is 43.8 Å². The number of carbonyl (C=O) groups excluding carboxylic acids is 1. The summed E-state index contributed by atoms with van der Waals surface area (Å²) >= 11 is 0. The zero-order valence-corrected chi connectivity index (χ0v) is 16.9. The number of hydrogen-bond acceptors (Lipinski definition) is 5. The molecule has 1 N–H and O–H groups in total. The molecule has 0 aliphatic carbocycles. The van der Waals surface area contributed by atoms with Crippen LogP contribution in [0.2, 0.25) is 0 Å². The maximum atomic E-state index is 12.8. The molecule has 1 unspecified atom stereocenters. The lowest BCUT2D eigenvalue weighted by molar-refractivity contribution is 0.0924. The summed E-state index contributed by atoms with van der Waals surface area (Å²) in [5, 5.41) is 3.12. The van der Waals surface area contributed by atoms with E-state index in [4.69, 9.17) is 14.2 Å². The highest BCUT2D eigenvalue weighted by molar-refractivity contribution is 5.95. The Kier molecular flexibility index (Phi) is 6.20. The van der Waals surface area contributed by atoms with Gasteiger partial charge in [-0.3, -0.25) is 9.69 Å². The summed E-state index contributed by atoms with van der Waals surface area (Å²) in [4.78, 5) is 15.2. The molecule has 2 aromatic carbocycles. The van der Waals surface area contributed by atoms with Gasteiger partial charge >= 0.3 is 0 Å². The number of nitrogens with zero attached hydrogens (tertiary/aromatic N) is 1. The third-order valence-electron chi connectivity index (χ3n) is 5.50. The van der Waals surface area contributed by atoms with Crippen LogP contribution in [0.15, 0.2) is 42.5 Å². The average Bonchev–Trinajstić information content (AvgIpc) is 3.24. The second-order valence-corrected chi connectivity index (χ2v) is 7.39. The second kappa shape index (κ2) is 9.18. The quantitative estimate of drug-likeness (QED) is 0.772. The van der Waals surface area contributed by atoms with Crippen LogP contribution in [0.4, 0.5) is 0 Å². The average molecular weight is 396 g/mol. The lowest BCUT2D eigenvalue weighted by Gasteiger charge is -2.35. The molecule has 0 bridgehead atoms. The van der Waals surface area contributed by atoms with Gasteiger partial charge in [-0.1, -0.05) is 18.6 Å². The normalized spacial score (nSPS) is 17.0. The van der Waals surface area contributed by atoms with E-state index in [2.05, 4.69) is 22.3 Å². The highest BCUT2D eigenvalue weighted by atomic mass is 16.7. The molecule has 0 saturated carbocycles. The first-order chi connectivity index (χ1) is 14.2. The number of likely N-dealkylation sites (tertiary alicyclic amines) is 1. The third kappa shape index (κ3) is 4.65. The van der Waals surface area contributed by atoms with Crippen LogP contribution in [0.25, 0.3) is 0 Å². The summed E-state index contributed by atoms with van der Waals surface area (Å²) in [6.07, 6.45) is 3.67. The lowest BCUT2D eigenvalue weighted by Crippen LogP contribution is -2.40. The molecule has 0 spiro atoms. The van der Waals surface area contributed by atoms with Crippen molar-refractivity contribution in [1.82, 2.24) is 10.2 Å². The van der Waals surface area contributed by atoms with Gasteiger partial charge in [0.05, 0.1) is 12.6 Å². The van der Waals surface area contributed by atoms with E-state index >= 15 is 0 Å². The number of piperidine rings is 1. The van der Waals surface area contributed by atoms with Crippen molar-refractivity contribution in [3.63, 3.8) is 0 Å². The van der Waals surface area contributed by atoms with Gasteiger partial charge in [0.25, 0.3) is 5.91 Å². The van der Waals surface area contributed by atoms with Crippen LogP contribution >= 0.6 is 0 Å². The van der Waals surface area contributed by atoms with Crippen molar-refractivity contribution in [2.45, 2.75) is 32.2 Å². The standard InChI is InChI=1S/C23H28N2O4/c1-2-27-19-9-6-17(7-10-19)20(25-12-4-3-5-13-25)15-24-23(26)18-8-11-21-22(14-18)29-16-28-21/h6-11,14,20H,2-5,12-13,15-16H2,1H3,(H,24,26). The van der Waals surface area contributed by atoms with Crippen molar-refractivity contribution in [3.05, 3.63) is 53.6 Å². The van der Waals surface area contributed by atoms with E-state index in [9.17, 15) is 4.79 Å². The van der Waals surface area contributed by atoms with Gasteiger partial charge in [0.2, 0.25) is 6.79 Å². The fourth-order valence-electron chi connectivity index (χ4n) is 3.97. The molecule has 6 nitrogen and oxygen atoms in total. The van der Waals surface area contributed by atoms with Crippen LogP contribution in [0, 0.1) is 0 Å². The van der Waals surface area contributed by atoms with Gasteiger partial charge in [0, 0.05) is 12.1 Å². The molecule has 1 atom stereocenters. The molecule has 0 aromatic heterocycles. The molecule has 6 heteroatoms. The fraction of sp³-hybridized carbons (Fsp3) is 0.435. The van der Waals surface area contributed by atoms with Crippen LogP contribution in [0.3, 0.4) is 0 Å². The Bertz CT molecular complexity index is 831. The number of carbonyl (C=O) groups is 1. The molecule has 0 radical (unpaired) electrons. The fourth-order valence-corrected chi connectivity index (χ4v) is 3.97. The number of fused-ring (bicyclic) bond motifs is 1. The number of hydrogen-bond donors (Lipinski definition) is 1. The number of rotatable bonds is 7. The molecule has 2 heterocycles. The van der Waals surface area contributed by atoms with Gasteiger partial charge in [-0.15, -0.1) is 0 Å². The maximum Gasteiger partial charge on any atom is 0.251 e. The molecule has 1 saturated heterocycles. The Labute approximate surface area is 171 Å². The third-order valence-corrected chi connectivity index (χ3v) is 5.50. The van der Waals surface area contributed by atoms with E-state index in [1.807, 2.05) is 19.1 Å². The van der Waals surface area contributed by atoms with Crippen molar-refractivity contribution in [2.24, 2.45) is 0 Å². The van der Waals surface area contributed by atoms with Gasteiger partial charge in [-0.05, 0) is 68.8 Å². The molecule has 2 aliphatic rings. The minimum atomic E-state index is -0.101. The smallest absolute Gasteiger partial charge is 0.251 e. The molecule has 1 amide bonds. The Morgan fingerprint density at radius 3 is 2.59 bits per heavy atom. The summed E-state index contributed by atoms with van der Waals surface area (Å²) in [6.45, 7) is 5.50. The van der Waals surface area contributed by atoms with Crippen molar-refractivity contribution < 1.29 is 19.0 Å². The zero-order valence-electron chi connectivity index (χ0n) is 16.9. The lowest BCUT2D eigenvalue weighted by atomic mass is 10.0. The van der Waals surface area contributed by atoms with E-state index in [0.717, 1.165) is 18.8 Å². The first kappa shape index (κ1) is 19.6. The van der Waals surface area contributed by atoms with Gasteiger partial charge in [-0.25, -0.2) is 0 Å². The monoisotopic (exact) mass is 396 g/mol. The van der Waals surface area contributed by atoms with Crippen molar-refractivity contribution in [2.75, 3.05) is 33.0 Å². The first-order valence-corrected chi connectivity index (χ1v) is 10.4. The molecule has 2 aliphatic heterocycles. The summed E-state index contributed by atoms with van der Waals surface area (Å²) in [6, 6.07) is 13.7. The summed E-state index contributed by atoms with van der Waals surface area (Å²) in [7, 11) is 0. The van der Waals surface area contributed by atoms with E-state index in [1.54, 1.807) is 18.2 Å². The Morgan fingerprint density at radius 1 is 1.07 bits per heavy atom. The predicted molar refractivity (Wildman–Crippen MR) is 111 cm³/mol. The summed E-state index contributed by atoms with van der Waals surface area (Å²) in [5.41, 5.74) is 1.78. The van der Waals surface area contributed by atoms with Crippen LogP contribution in [0.1, 0.15) is 48.1 Å². The zero-order chi connectivity index (χ0) is 20.1. The number of ether oxygens (including phenoxy) is 3. The molecular weight excluding hydrogens is 368 g/mol. The first-order valence-electron chi connectivity index (χ1n) is 10.4. The second-order valence-electron chi connectivity index (χ2n) is 7.39. The largest absolute Gasteiger partial charge is 0.494 e. The highest BCUT2D eigenvalue weighted by Gasteiger charge is 2.24. The van der Waals surface area contributed by atoms with Gasteiger partial charge < -0.3 is 19.5 Å². The van der Waals surface area contributed by atoms with Gasteiger partial charge in [0.1, 0.15) is 5.75 Å². The topological polar surface area (TPSA) is 60.0 Å². The summed E-state index contributed by atoms with van der Waals surface area (Å²) in [5.74, 6) is 2.08. The van der Waals surface area contributed by atoms with Crippen molar-refractivity contribution in [3.8, 4) is 17.2 Å². The van der Waals surface area contributed by atoms with E-state index in [1.165, 1.54) is 24.8 Å². The minimum absolute atomic E-state index is 0.101. The predicted octanol–water partition coefficient (Wildman–Crippen LogP) is 3.77. The van der Waals surface area contributed by atoms with Crippen LogP contribution in [0.5, 0.6) is 17.2 Å². The van der Waals surface area contributed by atoms with Crippen molar-refractivity contribution >= 4 is 5.91 Å². The Balaban J connectivity index is 1.46. The molecule has 4 rings (SSSR count). The highest BCUT2D eigenvalue weighted by Crippen LogP contribution is 2.32. The van der Waals surface area contributed by atoms with E-state index in [0.29, 0.717) is 30.2 Å². The van der Waals surface area contributed by atoms with Gasteiger partial charge in [-0.2, -0.15) is 0 Å². The Morgan fingerprint density at radius 2 is 1.83 bits per heavy atom. The molecule has 1 fully saturated rings. The summed E-state index contributed by atoms with van der Waals surface area (Å²) < 4.78 is 16.3. The number of nitrogens with one attached hydrogen (secondary N) is 1. The molecule has 154 valence electrons. The SMILES string of the molecule is CCOc1ccc(C(CNC(=O)c2ccc3c(c2)OCO3)N2CCCCC2)cc1. The minimum Gasteiger partial charge on any atom is -0.494 e. The molecule has 29 heavy (non-hydrogen) atoms. The van der Waals surface area contributed by atoms with E-state index in [-0.39, 0.29) is 18.7 Å². The molecular formula is C23H28N2O4. The number of amides is 1. The molecule has 2 aromatic rings. The van der Waals surface area contributed by atoms with E-state index < -0.39 is 0 Å². The van der Waals surface area contributed by atoms with Crippen LogP contribution < -0.4 is 19.5 Å². The maximum absolute atomic E-state index is 12.8. The Hall–Kier alpha value is -2.73. The van der Waals surface area contributed by atoms with Crippen molar-refractivity contribution in [1.29, 1.82) is 0 Å². The van der Waals surface area contributed by atoms with Crippen LogP contribution in [-0.2, 0) is 0 Å². The van der Waals surface area contributed by atoms with Gasteiger partial charge in [0.15, 0.2) is 11.5 Å².